The lowest BCUT2D eigenvalue weighted by atomic mass is 9.60. The maximum Gasteiger partial charge on any atom is 0.308 e. The Morgan fingerprint density at radius 1 is 1.20 bits per heavy atom. The molecule has 0 amide bonds. The van der Waals surface area contributed by atoms with Crippen LogP contribution in [0.15, 0.2) is 0 Å². The van der Waals surface area contributed by atoms with Crippen LogP contribution in [0.25, 0.3) is 0 Å². The quantitative estimate of drug-likeness (QED) is 0.691. The summed E-state index contributed by atoms with van der Waals surface area (Å²) in [5.74, 6) is 3.64. The normalized spacial score (nSPS) is 46.9. The van der Waals surface area contributed by atoms with Gasteiger partial charge < -0.3 is 10.1 Å². The Bertz CT molecular complexity index is 261. The fourth-order valence-electron chi connectivity index (χ4n) is 4.05. The first-order chi connectivity index (χ1) is 7.31. The average molecular weight is 209 g/mol. The molecule has 0 aromatic rings. The molecule has 0 bridgehead atoms. The summed E-state index contributed by atoms with van der Waals surface area (Å²) in [5, 5.41) is 3.47. The molecule has 1 aliphatic heterocycles. The van der Waals surface area contributed by atoms with Crippen LogP contribution in [0.3, 0.4) is 0 Å². The van der Waals surface area contributed by atoms with Crippen molar-refractivity contribution in [1.82, 2.24) is 5.32 Å². The van der Waals surface area contributed by atoms with Gasteiger partial charge in [-0.15, -0.1) is 0 Å². The van der Waals surface area contributed by atoms with Crippen LogP contribution in [-0.2, 0) is 9.53 Å². The summed E-state index contributed by atoms with van der Waals surface area (Å²) in [4.78, 5) is 11.6. The summed E-state index contributed by atoms with van der Waals surface area (Å²) in [6.07, 6.45) is 2.18. The Morgan fingerprint density at radius 2 is 1.80 bits per heavy atom. The number of carbonyl (C=O) groups is 1. The summed E-state index contributed by atoms with van der Waals surface area (Å²) in [7, 11) is 0. The Kier molecular flexibility index (Phi) is 2.23. The van der Waals surface area contributed by atoms with E-state index in [1.807, 2.05) is 6.92 Å². The third-order valence-electron chi connectivity index (χ3n) is 4.69. The predicted octanol–water partition coefficient (Wildman–Crippen LogP) is 1.04. The van der Waals surface area contributed by atoms with Crippen LogP contribution in [0, 0.1) is 29.6 Å². The number of ether oxygens (including phenoxy) is 1. The lowest BCUT2D eigenvalue weighted by molar-refractivity contribution is -0.147. The van der Waals surface area contributed by atoms with Gasteiger partial charge in [0.05, 0.1) is 12.5 Å². The molecule has 3 fully saturated rings. The molecule has 84 valence electrons. The lowest BCUT2D eigenvalue weighted by Gasteiger charge is -2.44. The summed E-state index contributed by atoms with van der Waals surface area (Å²) >= 11 is 0. The highest BCUT2D eigenvalue weighted by Crippen LogP contribution is 2.58. The van der Waals surface area contributed by atoms with E-state index in [-0.39, 0.29) is 11.9 Å². The minimum atomic E-state index is 0.0536. The van der Waals surface area contributed by atoms with Crippen LogP contribution in [0.1, 0.15) is 19.8 Å². The van der Waals surface area contributed by atoms with Crippen molar-refractivity contribution < 1.29 is 9.53 Å². The highest BCUT2D eigenvalue weighted by atomic mass is 16.5. The van der Waals surface area contributed by atoms with Crippen LogP contribution < -0.4 is 5.32 Å². The Morgan fingerprint density at radius 3 is 2.33 bits per heavy atom. The maximum absolute atomic E-state index is 11.6. The largest absolute Gasteiger partial charge is 0.466 e. The zero-order chi connectivity index (χ0) is 10.4. The molecule has 15 heavy (non-hydrogen) atoms. The van der Waals surface area contributed by atoms with E-state index in [1.54, 1.807) is 0 Å². The SMILES string of the molecule is CCOC(=O)C1C[C@@H]2[C@H]3CNC[C@H]3[C@@H]2C1. The molecule has 1 saturated heterocycles. The number of hydrogen-bond acceptors (Lipinski definition) is 3. The van der Waals surface area contributed by atoms with Crippen molar-refractivity contribution in [2.24, 2.45) is 29.6 Å². The van der Waals surface area contributed by atoms with E-state index in [2.05, 4.69) is 5.32 Å². The van der Waals surface area contributed by atoms with E-state index in [0.717, 1.165) is 36.5 Å². The summed E-state index contributed by atoms with van der Waals surface area (Å²) < 4.78 is 5.12. The topological polar surface area (TPSA) is 38.3 Å². The number of nitrogens with one attached hydrogen (secondary N) is 1. The fourth-order valence-corrected chi connectivity index (χ4v) is 4.05. The van der Waals surface area contributed by atoms with E-state index in [4.69, 9.17) is 4.74 Å². The standard InChI is InChI=1S/C12H19NO2/c1-2-15-12(14)7-3-8-9(4-7)11-6-13-5-10(8)11/h7-11,13H,2-6H2,1H3/t7?,8-,9+,10+,11-. The van der Waals surface area contributed by atoms with Gasteiger partial charge >= 0.3 is 5.97 Å². The van der Waals surface area contributed by atoms with Crippen molar-refractivity contribution in [2.75, 3.05) is 19.7 Å². The van der Waals surface area contributed by atoms with Crippen molar-refractivity contribution in [3.05, 3.63) is 0 Å². The monoisotopic (exact) mass is 209 g/mol. The molecule has 2 saturated carbocycles. The van der Waals surface area contributed by atoms with Crippen molar-refractivity contribution in [3.8, 4) is 0 Å². The molecule has 3 aliphatic rings. The smallest absolute Gasteiger partial charge is 0.308 e. The van der Waals surface area contributed by atoms with Crippen LogP contribution in [0.2, 0.25) is 0 Å². The third-order valence-corrected chi connectivity index (χ3v) is 4.69. The average Bonchev–Trinajstić information content (AvgIpc) is 2.75. The van der Waals surface area contributed by atoms with Crippen molar-refractivity contribution in [1.29, 1.82) is 0 Å². The Labute approximate surface area is 90.6 Å². The number of fused-ring (bicyclic) bond motifs is 4. The van der Waals surface area contributed by atoms with Crippen LogP contribution >= 0.6 is 0 Å². The van der Waals surface area contributed by atoms with Gasteiger partial charge in [0, 0.05) is 0 Å². The van der Waals surface area contributed by atoms with Gasteiger partial charge in [0.15, 0.2) is 0 Å². The molecular formula is C12H19NO2. The van der Waals surface area contributed by atoms with Gasteiger partial charge in [-0.25, -0.2) is 0 Å². The lowest BCUT2D eigenvalue weighted by Crippen LogP contribution is -2.42. The molecule has 3 nitrogen and oxygen atoms in total. The first-order valence-corrected chi connectivity index (χ1v) is 6.18. The molecule has 5 atom stereocenters. The molecule has 1 heterocycles. The second kappa shape index (κ2) is 3.48. The van der Waals surface area contributed by atoms with Gasteiger partial charge in [-0.05, 0) is 56.5 Å². The number of hydrogen-bond donors (Lipinski definition) is 1. The maximum atomic E-state index is 11.6. The van der Waals surface area contributed by atoms with Gasteiger partial charge in [0.2, 0.25) is 0 Å². The molecule has 0 aromatic carbocycles. The number of carbonyl (C=O) groups excluding carboxylic acids is 1. The molecule has 3 heteroatoms. The third kappa shape index (κ3) is 1.32. The fraction of sp³-hybridized carbons (Fsp3) is 0.917. The van der Waals surface area contributed by atoms with Crippen LogP contribution in [-0.4, -0.2) is 25.7 Å². The summed E-state index contributed by atoms with van der Waals surface area (Å²) in [6.45, 7) is 4.78. The minimum absolute atomic E-state index is 0.0536. The second-order valence-electron chi connectivity index (χ2n) is 5.23. The van der Waals surface area contributed by atoms with Gasteiger partial charge in [-0.2, -0.15) is 0 Å². The molecule has 2 aliphatic carbocycles. The Balaban J connectivity index is 1.62. The van der Waals surface area contributed by atoms with E-state index < -0.39 is 0 Å². The zero-order valence-corrected chi connectivity index (χ0v) is 9.24. The first kappa shape index (κ1) is 9.64. The van der Waals surface area contributed by atoms with Gasteiger partial charge in [0.1, 0.15) is 0 Å². The molecule has 0 aromatic heterocycles. The van der Waals surface area contributed by atoms with E-state index in [1.165, 1.54) is 13.1 Å². The molecule has 1 unspecified atom stereocenters. The minimum Gasteiger partial charge on any atom is -0.466 e. The first-order valence-electron chi connectivity index (χ1n) is 6.18. The van der Waals surface area contributed by atoms with Crippen LogP contribution in [0.5, 0.6) is 0 Å². The van der Waals surface area contributed by atoms with Crippen molar-refractivity contribution in [2.45, 2.75) is 19.8 Å². The number of esters is 1. The van der Waals surface area contributed by atoms with Gasteiger partial charge in [-0.3, -0.25) is 4.79 Å². The highest BCUT2D eigenvalue weighted by Gasteiger charge is 2.57. The van der Waals surface area contributed by atoms with E-state index >= 15 is 0 Å². The molecule has 0 radical (unpaired) electrons. The van der Waals surface area contributed by atoms with Crippen molar-refractivity contribution >= 4 is 5.97 Å². The highest BCUT2D eigenvalue weighted by molar-refractivity contribution is 5.73. The summed E-state index contributed by atoms with van der Waals surface area (Å²) in [5.41, 5.74) is 0. The van der Waals surface area contributed by atoms with E-state index in [0.29, 0.717) is 6.61 Å². The van der Waals surface area contributed by atoms with E-state index in [9.17, 15) is 4.79 Å². The molecule has 0 spiro atoms. The molecular weight excluding hydrogens is 190 g/mol. The van der Waals surface area contributed by atoms with Gasteiger partial charge in [0.25, 0.3) is 0 Å². The zero-order valence-electron chi connectivity index (χ0n) is 9.24. The molecule has 1 N–H and O–H groups in total. The number of rotatable bonds is 2. The molecule has 3 rings (SSSR count). The predicted molar refractivity (Wildman–Crippen MR) is 56.2 cm³/mol. The van der Waals surface area contributed by atoms with Crippen LogP contribution in [0.4, 0.5) is 0 Å². The summed E-state index contributed by atoms with van der Waals surface area (Å²) in [6, 6.07) is 0. The van der Waals surface area contributed by atoms with Crippen molar-refractivity contribution in [3.63, 3.8) is 0 Å². The second-order valence-corrected chi connectivity index (χ2v) is 5.23. The Hall–Kier alpha value is -0.570. The van der Waals surface area contributed by atoms with Gasteiger partial charge in [-0.1, -0.05) is 0 Å².